The van der Waals surface area contributed by atoms with Crippen LogP contribution < -0.4 is 9.47 Å². The molecule has 8 heteroatoms. The molecule has 8 nitrogen and oxygen atoms in total. The Balaban J connectivity index is 2.19. The van der Waals surface area contributed by atoms with Crippen molar-refractivity contribution in [3.63, 3.8) is 0 Å². The summed E-state index contributed by atoms with van der Waals surface area (Å²) < 4.78 is 10.1. The molecule has 17 heavy (non-hydrogen) atoms. The zero-order chi connectivity index (χ0) is 12.3. The quantitative estimate of drug-likeness (QED) is 0.803. The minimum atomic E-state index is -1.20. The number of carboxylic acids is 1. The number of aromatic amines is 1. The second-order valence-electron chi connectivity index (χ2n) is 2.94. The number of aromatic nitrogens is 4. The molecule has 88 valence electrons. The summed E-state index contributed by atoms with van der Waals surface area (Å²) in [7, 11) is 1.49. The van der Waals surface area contributed by atoms with Crippen LogP contribution in [0.4, 0.5) is 0 Å². The highest BCUT2D eigenvalue weighted by molar-refractivity contribution is 5.87. The van der Waals surface area contributed by atoms with E-state index in [1.54, 1.807) is 12.1 Å². The van der Waals surface area contributed by atoms with Gasteiger partial charge in [0.2, 0.25) is 11.6 Å². The van der Waals surface area contributed by atoms with E-state index < -0.39 is 5.97 Å². The molecule has 0 aliphatic rings. The highest BCUT2D eigenvalue weighted by atomic mass is 16.5. The lowest BCUT2D eigenvalue weighted by atomic mass is 10.4. The Kier molecular flexibility index (Phi) is 2.86. The van der Waals surface area contributed by atoms with Gasteiger partial charge in [-0.2, -0.15) is 0 Å². The Hall–Kier alpha value is -2.64. The highest BCUT2D eigenvalue weighted by Gasteiger charge is 2.16. The van der Waals surface area contributed by atoms with Crippen molar-refractivity contribution in [2.24, 2.45) is 0 Å². The maximum Gasteiger partial charge on any atom is 0.359 e. The number of carboxylic acid groups (broad SMARTS) is 1. The predicted molar refractivity (Wildman–Crippen MR) is 54.2 cm³/mol. The topological polar surface area (TPSA) is 110 Å². The van der Waals surface area contributed by atoms with E-state index in [1.807, 2.05) is 0 Å². The predicted octanol–water partition coefficient (Wildman–Crippen LogP) is 0.699. The monoisotopic (exact) mass is 236 g/mol. The Morgan fingerprint density at radius 2 is 2.29 bits per heavy atom. The lowest BCUT2D eigenvalue weighted by molar-refractivity contribution is 0.0687. The number of ether oxygens (including phenoxy) is 2. The normalized spacial score (nSPS) is 9.94. The SMILES string of the molecule is COc1ccc(Oc2nn[nH]c2C(=O)O)cn1. The van der Waals surface area contributed by atoms with Gasteiger partial charge in [0, 0.05) is 6.07 Å². The minimum Gasteiger partial charge on any atom is -0.481 e. The highest BCUT2D eigenvalue weighted by Crippen LogP contribution is 2.21. The van der Waals surface area contributed by atoms with Crippen LogP contribution in [0.2, 0.25) is 0 Å². The fourth-order valence-electron chi connectivity index (χ4n) is 1.09. The lowest BCUT2D eigenvalue weighted by Crippen LogP contribution is -1.99. The summed E-state index contributed by atoms with van der Waals surface area (Å²) in [4.78, 5) is 14.6. The van der Waals surface area contributed by atoms with E-state index in [2.05, 4.69) is 20.4 Å². The molecule has 0 bridgehead atoms. The van der Waals surface area contributed by atoms with E-state index in [9.17, 15) is 4.79 Å². The fraction of sp³-hybridized carbons (Fsp3) is 0.111. The van der Waals surface area contributed by atoms with Gasteiger partial charge in [0.15, 0.2) is 0 Å². The number of nitrogens with zero attached hydrogens (tertiary/aromatic N) is 3. The van der Waals surface area contributed by atoms with Gasteiger partial charge in [-0.1, -0.05) is 10.3 Å². The second-order valence-corrected chi connectivity index (χ2v) is 2.94. The zero-order valence-corrected chi connectivity index (χ0v) is 8.75. The Bertz CT molecular complexity index is 522. The van der Waals surface area contributed by atoms with Crippen LogP contribution in [0.25, 0.3) is 0 Å². The molecule has 2 rings (SSSR count). The first-order valence-electron chi connectivity index (χ1n) is 4.53. The number of H-pyrrole nitrogens is 1. The summed E-state index contributed by atoms with van der Waals surface area (Å²) >= 11 is 0. The maximum atomic E-state index is 10.7. The van der Waals surface area contributed by atoms with Gasteiger partial charge in [0.05, 0.1) is 13.3 Å². The van der Waals surface area contributed by atoms with Gasteiger partial charge in [-0.15, -0.1) is 0 Å². The molecule has 0 radical (unpaired) electrons. The molecule has 2 aromatic rings. The summed E-state index contributed by atoms with van der Waals surface area (Å²) in [5, 5.41) is 17.9. The molecule has 0 aromatic carbocycles. The van der Waals surface area contributed by atoms with Crippen molar-refractivity contribution in [2.75, 3.05) is 7.11 Å². The van der Waals surface area contributed by atoms with Gasteiger partial charge < -0.3 is 14.6 Å². The van der Waals surface area contributed by atoms with Gasteiger partial charge in [0.25, 0.3) is 5.88 Å². The summed E-state index contributed by atoms with van der Waals surface area (Å²) in [6, 6.07) is 3.15. The molecule has 0 aliphatic heterocycles. The van der Waals surface area contributed by atoms with Crippen LogP contribution in [-0.4, -0.2) is 38.6 Å². The van der Waals surface area contributed by atoms with Crippen LogP contribution in [0.3, 0.4) is 0 Å². The van der Waals surface area contributed by atoms with E-state index in [1.165, 1.54) is 13.3 Å². The van der Waals surface area contributed by atoms with Crippen molar-refractivity contribution in [3.05, 3.63) is 24.0 Å². The number of aromatic carboxylic acids is 1. The average molecular weight is 236 g/mol. The smallest absolute Gasteiger partial charge is 0.359 e. The Morgan fingerprint density at radius 1 is 1.47 bits per heavy atom. The molecule has 0 amide bonds. The van der Waals surface area contributed by atoms with Crippen molar-refractivity contribution in [2.45, 2.75) is 0 Å². The molecule has 2 heterocycles. The number of pyridine rings is 1. The largest absolute Gasteiger partial charge is 0.481 e. The molecule has 0 unspecified atom stereocenters. The Labute approximate surface area is 95.2 Å². The number of rotatable bonds is 4. The van der Waals surface area contributed by atoms with Gasteiger partial charge in [-0.05, 0) is 6.07 Å². The summed E-state index contributed by atoms with van der Waals surface area (Å²) in [6.45, 7) is 0. The number of nitrogens with one attached hydrogen (secondary N) is 1. The molecule has 0 fully saturated rings. The van der Waals surface area contributed by atoms with Crippen LogP contribution in [-0.2, 0) is 0 Å². The standard InChI is InChI=1S/C9H8N4O4/c1-16-6-3-2-5(4-10-6)17-8-7(9(14)15)11-13-12-8/h2-4H,1H3,(H,14,15)(H,11,12,13). The van der Waals surface area contributed by atoms with E-state index in [0.29, 0.717) is 11.6 Å². The second kappa shape index (κ2) is 4.47. The first-order chi connectivity index (χ1) is 8.20. The van der Waals surface area contributed by atoms with E-state index in [4.69, 9.17) is 14.6 Å². The van der Waals surface area contributed by atoms with Gasteiger partial charge >= 0.3 is 5.97 Å². The van der Waals surface area contributed by atoms with Crippen molar-refractivity contribution in [1.29, 1.82) is 0 Å². The van der Waals surface area contributed by atoms with Crippen LogP contribution in [0.15, 0.2) is 18.3 Å². The van der Waals surface area contributed by atoms with Gasteiger partial charge in [0.1, 0.15) is 5.75 Å². The van der Waals surface area contributed by atoms with Crippen LogP contribution in [0.1, 0.15) is 10.5 Å². The number of hydrogen-bond acceptors (Lipinski definition) is 6. The first-order valence-corrected chi connectivity index (χ1v) is 4.53. The third-order valence-corrected chi connectivity index (χ3v) is 1.86. The van der Waals surface area contributed by atoms with Gasteiger partial charge in [-0.3, -0.25) is 0 Å². The van der Waals surface area contributed by atoms with Crippen molar-refractivity contribution >= 4 is 5.97 Å². The number of methoxy groups -OCH3 is 1. The lowest BCUT2D eigenvalue weighted by Gasteiger charge is -2.02. The van der Waals surface area contributed by atoms with Crippen molar-refractivity contribution in [1.82, 2.24) is 20.4 Å². The molecule has 2 N–H and O–H groups in total. The fourth-order valence-corrected chi connectivity index (χ4v) is 1.09. The average Bonchev–Trinajstić information content (AvgIpc) is 2.78. The molecule has 0 saturated heterocycles. The van der Waals surface area contributed by atoms with Crippen molar-refractivity contribution < 1.29 is 19.4 Å². The zero-order valence-electron chi connectivity index (χ0n) is 8.75. The molecule has 0 atom stereocenters. The van der Waals surface area contributed by atoms with Gasteiger partial charge in [-0.25, -0.2) is 14.9 Å². The molecular weight excluding hydrogens is 228 g/mol. The Morgan fingerprint density at radius 3 is 2.88 bits per heavy atom. The molecule has 0 spiro atoms. The number of hydrogen-bond donors (Lipinski definition) is 2. The van der Waals surface area contributed by atoms with E-state index >= 15 is 0 Å². The van der Waals surface area contributed by atoms with Crippen LogP contribution in [0.5, 0.6) is 17.5 Å². The van der Waals surface area contributed by atoms with Crippen molar-refractivity contribution in [3.8, 4) is 17.5 Å². The minimum absolute atomic E-state index is 0.121. The van der Waals surface area contributed by atoms with E-state index in [0.717, 1.165) is 0 Å². The molecule has 2 aromatic heterocycles. The van der Waals surface area contributed by atoms with E-state index in [-0.39, 0.29) is 11.6 Å². The third-order valence-electron chi connectivity index (χ3n) is 1.86. The maximum absolute atomic E-state index is 10.7. The molecule has 0 saturated carbocycles. The molecular formula is C9H8N4O4. The number of carbonyl (C=O) groups is 1. The summed E-state index contributed by atoms with van der Waals surface area (Å²) in [5.41, 5.74) is -0.221. The van der Waals surface area contributed by atoms with Crippen LogP contribution >= 0.6 is 0 Å². The first kappa shape index (κ1) is 10.9. The molecule has 0 aliphatic carbocycles. The van der Waals surface area contributed by atoms with Crippen LogP contribution in [0, 0.1) is 0 Å². The summed E-state index contributed by atoms with van der Waals surface area (Å²) in [6.07, 6.45) is 1.39. The summed E-state index contributed by atoms with van der Waals surface area (Å²) in [5.74, 6) is -0.561. The third kappa shape index (κ3) is 2.30.